The number of rotatable bonds is 9. The quantitative estimate of drug-likeness (QED) is 0.575. The van der Waals surface area contributed by atoms with Crippen molar-refractivity contribution in [1.29, 1.82) is 0 Å². The first kappa shape index (κ1) is 20.9. The second kappa shape index (κ2) is 10.7. The number of halogens is 2. The van der Waals surface area contributed by atoms with E-state index in [0.29, 0.717) is 25.2 Å². The number of hydrogen-bond acceptors (Lipinski definition) is 4. The Balaban J connectivity index is 1.95. The summed E-state index contributed by atoms with van der Waals surface area (Å²) in [6, 6.07) is 12.4. The monoisotopic (exact) mass is 440 g/mol. The molecule has 0 aliphatic heterocycles. The zero-order valence-electron chi connectivity index (χ0n) is 14.5. The van der Waals surface area contributed by atoms with Crippen LogP contribution in [0.4, 0.5) is 10.1 Å². The molecule has 0 aliphatic carbocycles. The van der Waals surface area contributed by atoms with Crippen LogP contribution in [0.1, 0.15) is 12.0 Å². The topological polar surface area (TPSA) is 52.6 Å². The van der Waals surface area contributed by atoms with E-state index in [0.717, 1.165) is 15.1 Å². The number of thioether (sulfide) groups is 1. The number of anilines is 1. The molecule has 2 N–H and O–H groups in total. The van der Waals surface area contributed by atoms with Gasteiger partial charge in [0.05, 0.1) is 12.3 Å². The minimum atomic E-state index is -0.297. The number of carbonyl (C=O) groups excluding carboxylic acids is 1. The lowest BCUT2D eigenvalue weighted by atomic mass is 10.2. The third-order valence-corrected chi connectivity index (χ3v) is 5.14. The minimum absolute atomic E-state index is 0.0491. The maximum atomic E-state index is 13.9. The van der Waals surface area contributed by atoms with Crippen molar-refractivity contribution in [2.45, 2.75) is 17.9 Å². The molecule has 0 bridgehead atoms. The van der Waals surface area contributed by atoms with Crippen LogP contribution < -0.4 is 5.32 Å². The maximum Gasteiger partial charge on any atom is 0.225 e. The SMILES string of the molecule is CSc1ccccc1NC(=O)CCN(CCO)Cc1cc(Br)ccc1F. The van der Waals surface area contributed by atoms with Gasteiger partial charge in [-0.15, -0.1) is 11.8 Å². The van der Waals surface area contributed by atoms with Crippen LogP contribution in [0.25, 0.3) is 0 Å². The molecule has 0 atom stereocenters. The van der Waals surface area contributed by atoms with Crippen molar-refractivity contribution in [3.63, 3.8) is 0 Å². The summed E-state index contributed by atoms with van der Waals surface area (Å²) >= 11 is 4.91. The van der Waals surface area contributed by atoms with Crippen molar-refractivity contribution in [3.8, 4) is 0 Å². The van der Waals surface area contributed by atoms with Crippen molar-refractivity contribution in [2.75, 3.05) is 31.3 Å². The number of amides is 1. The molecular weight excluding hydrogens is 419 g/mol. The van der Waals surface area contributed by atoms with E-state index in [1.807, 2.05) is 35.4 Å². The average Bonchev–Trinajstić information content (AvgIpc) is 2.63. The van der Waals surface area contributed by atoms with Gasteiger partial charge < -0.3 is 10.4 Å². The van der Waals surface area contributed by atoms with E-state index >= 15 is 0 Å². The van der Waals surface area contributed by atoms with Gasteiger partial charge in [-0.05, 0) is 36.6 Å². The Hall–Kier alpha value is -1.41. The molecule has 0 unspecified atom stereocenters. The Bertz CT molecular complexity index is 745. The van der Waals surface area contributed by atoms with Crippen LogP contribution in [-0.2, 0) is 11.3 Å². The number of hydrogen-bond donors (Lipinski definition) is 2. The van der Waals surface area contributed by atoms with Crippen LogP contribution in [-0.4, -0.2) is 41.9 Å². The number of nitrogens with zero attached hydrogens (tertiary/aromatic N) is 1. The standard InChI is InChI=1S/C19H22BrFN2O2S/c1-26-18-5-3-2-4-17(18)22-19(25)8-9-23(10-11-24)13-14-12-15(20)6-7-16(14)21/h2-7,12,24H,8-11,13H2,1H3,(H,22,25). The van der Waals surface area contributed by atoms with Crippen LogP contribution in [0.2, 0.25) is 0 Å². The third kappa shape index (κ3) is 6.39. The highest BCUT2D eigenvalue weighted by Crippen LogP contribution is 2.24. The Morgan fingerprint density at radius 3 is 2.77 bits per heavy atom. The van der Waals surface area contributed by atoms with Crippen molar-refractivity contribution in [3.05, 3.63) is 58.3 Å². The van der Waals surface area contributed by atoms with Crippen LogP contribution in [0.15, 0.2) is 51.8 Å². The normalized spacial score (nSPS) is 11.0. The van der Waals surface area contributed by atoms with Gasteiger partial charge in [-0.1, -0.05) is 28.1 Å². The predicted octanol–water partition coefficient (Wildman–Crippen LogP) is 4.13. The smallest absolute Gasteiger partial charge is 0.225 e. The first-order valence-electron chi connectivity index (χ1n) is 8.23. The van der Waals surface area contributed by atoms with Gasteiger partial charge in [0, 0.05) is 41.0 Å². The molecule has 0 aromatic heterocycles. The number of para-hydroxylation sites is 1. The summed E-state index contributed by atoms with van der Waals surface area (Å²) in [5.74, 6) is -0.404. The predicted molar refractivity (Wildman–Crippen MR) is 108 cm³/mol. The lowest BCUT2D eigenvalue weighted by molar-refractivity contribution is -0.116. The number of nitrogens with one attached hydrogen (secondary N) is 1. The Kier molecular flexibility index (Phi) is 8.58. The molecule has 140 valence electrons. The van der Waals surface area contributed by atoms with Crippen molar-refractivity contribution in [2.24, 2.45) is 0 Å². The highest BCUT2D eigenvalue weighted by molar-refractivity contribution is 9.10. The summed E-state index contributed by atoms with van der Waals surface area (Å²) in [6.45, 7) is 1.09. The van der Waals surface area contributed by atoms with E-state index < -0.39 is 0 Å². The molecule has 0 aliphatic rings. The molecule has 1 amide bonds. The Morgan fingerprint density at radius 1 is 1.27 bits per heavy atom. The first-order valence-corrected chi connectivity index (χ1v) is 10.2. The molecular formula is C19H22BrFN2O2S. The maximum absolute atomic E-state index is 13.9. The number of aliphatic hydroxyl groups excluding tert-OH is 1. The third-order valence-electron chi connectivity index (χ3n) is 3.85. The first-order chi connectivity index (χ1) is 12.5. The molecule has 26 heavy (non-hydrogen) atoms. The summed E-state index contributed by atoms with van der Waals surface area (Å²) in [5.41, 5.74) is 1.32. The zero-order chi connectivity index (χ0) is 18.9. The van der Waals surface area contributed by atoms with Gasteiger partial charge in [0.2, 0.25) is 5.91 Å². The Labute approximate surface area is 165 Å². The van der Waals surface area contributed by atoms with Gasteiger partial charge in [0.15, 0.2) is 0 Å². The molecule has 2 rings (SSSR count). The van der Waals surface area contributed by atoms with Crippen molar-refractivity contribution in [1.82, 2.24) is 4.90 Å². The minimum Gasteiger partial charge on any atom is -0.395 e. The molecule has 0 saturated carbocycles. The van der Waals surface area contributed by atoms with E-state index in [9.17, 15) is 14.3 Å². The van der Waals surface area contributed by atoms with E-state index in [1.54, 1.807) is 23.9 Å². The second-order valence-corrected chi connectivity index (χ2v) is 7.50. The van der Waals surface area contributed by atoms with Crippen molar-refractivity contribution >= 4 is 39.3 Å². The average molecular weight is 441 g/mol. The van der Waals surface area contributed by atoms with E-state index in [2.05, 4.69) is 21.2 Å². The molecule has 4 nitrogen and oxygen atoms in total. The molecule has 2 aromatic rings. The summed E-state index contributed by atoms with van der Waals surface area (Å²) < 4.78 is 14.7. The van der Waals surface area contributed by atoms with Crippen LogP contribution in [0.3, 0.4) is 0 Å². The number of benzene rings is 2. The Morgan fingerprint density at radius 2 is 2.04 bits per heavy atom. The molecule has 0 heterocycles. The molecule has 7 heteroatoms. The fourth-order valence-corrected chi connectivity index (χ4v) is 3.50. The fourth-order valence-electron chi connectivity index (χ4n) is 2.54. The molecule has 2 aromatic carbocycles. The summed E-state index contributed by atoms with van der Waals surface area (Å²) in [7, 11) is 0. The van der Waals surface area contributed by atoms with E-state index in [-0.39, 0.29) is 24.8 Å². The molecule has 0 fully saturated rings. The van der Waals surface area contributed by atoms with Crippen LogP contribution >= 0.6 is 27.7 Å². The lowest BCUT2D eigenvalue weighted by Crippen LogP contribution is -2.30. The molecule has 0 saturated heterocycles. The summed E-state index contributed by atoms with van der Waals surface area (Å²) in [6.07, 6.45) is 2.22. The largest absolute Gasteiger partial charge is 0.395 e. The molecule has 0 spiro atoms. The van der Waals surface area contributed by atoms with E-state index in [4.69, 9.17) is 0 Å². The van der Waals surface area contributed by atoms with Crippen molar-refractivity contribution < 1.29 is 14.3 Å². The van der Waals surface area contributed by atoms with Gasteiger partial charge in [0.25, 0.3) is 0 Å². The van der Waals surface area contributed by atoms with Crippen LogP contribution in [0, 0.1) is 5.82 Å². The highest BCUT2D eigenvalue weighted by Gasteiger charge is 2.13. The number of aliphatic hydroxyl groups is 1. The fraction of sp³-hybridized carbons (Fsp3) is 0.316. The second-order valence-electron chi connectivity index (χ2n) is 5.73. The summed E-state index contributed by atoms with van der Waals surface area (Å²) in [4.78, 5) is 15.1. The van der Waals surface area contributed by atoms with E-state index in [1.165, 1.54) is 6.07 Å². The van der Waals surface area contributed by atoms with Gasteiger partial charge >= 0.3 is 0 Å². The summed E-state index contributed by atoms with van der Waals surface area (Å²) in [5, 5.41) is 12.2. The van der Waals surface area contributed by atoms with Gasteiger partial charge in [0.1, 0.15) is 5.82 Å². The van der Waals surface area contributed by atoms with Gasteiger partial charge in [-0.2, -0.15) is 0 Å². The van der Waals surface area contributed by atoms with Gasteiger partial charge in [-0.25, -0.2) is 4.39 Å². The zero-order valence-corrected chi connectivity index (χ0v) is 16.9. The van der Waals surface area contributed by atoms with Gasteiger partial charge in [-0.3, -0.25) is 9.69 Å². The highest BCUT2D eigenvalue weighted by atomic mass is 79.9. The van der Waals surface area contributed by atoms with Crippen LogP contribution in [0.5, 0.6) is 0 Å². The molecule has 0 radical (unpaired) electrons. The number of carbonyl (C=O) groups is 1. The lowest BCUT2D eigenvalue weighted by Gasteiger charge is -2.21.